The second-order valence-electron chi connectivity index (χ2n) is 6.93. The summed E-state index contributed by atoms with van der Waals surface area (Å²) < 4.78 is 5.28. The minimum absolute atomic E-state index is 0.343. The molecule has 3 aromatic rings. The summed E-state index contributed by atoms with van der Waals surface area (Å²) in [6.07, 6.45) is -0.532. The quantitative estimate of drug-likeness (QED) is 0.677. The van der Waals surface area contributed by atoms with Crippen LogP contribution in [-0.2, 0) is 16.0 Å². The van der Waals surface area contributed by atoms with E-state index < -0.39 is 18.0 Å². The van der Waals surface area contributed by atoms with Gasteiger partial charge in [-0.05, 0) is 23.1 Å². The van der Waals surface area contributed by atoms with Crippen LogP contribution in [0.15, 0.2) is 48.5 Å². The summed E-state index contributed by atoms with van der Waals surface area (Å²) in [7, 11) is 0. The van der Waals surface area contributed by atoms with Crippen molar-refractivity contribution >= 4 is 28.3 Å². The molecule has 2 heterocycles. The average Bonchev–Trinajstić information content (AvgIpc) is 3.16. The van der Waals surface area contributed by atoms with Gasteiger partial charge in [-0.2, -0.15) is 0 Å². The molecule has 0 saturated heterocycles. The molecule has 0 bridgehead atoms. The molecule has 1 aliphatic rings. The molecule has 1 amide bonds. The minimum Gasteiger partial charge on any atom is -0.448 e. The second kappa shape index (κ2) is 7.52. The van der Waals surface area contributed by atoms with Gasteiger partial charge in [0.05, 0.1) is 5.56 Å². The van der Waals surface area contributed by atoms with Gasteiger partial charge in [0.1, 0.15) is 5.01 Å². The summed E-state index contributed by atoms with van der Waals surface area (Å²) in [5.74, 6) is -0.424. The lowest BCUT2D eigenvalue weighted by Gasteiger charge is -2.23. The molecule has 0 unspecified atom stereocenters. The van der Waals surface area contributed by atoms with E-state index in [2.05, 4.69) is 41.5 Å². The maximum atomic E-state index is 12.5. The molecule has 0 fully saturated rings. The zero-order valence-corrected chi connectivity index (χ0v) is 16.3. The first-order valence-corrected chi connectivity index (χ1v) is 9.86. The molecule has 1 aliphatic heterocycles. The van der Waals surface area contributed by atoms with Gasteiger partial charge in [0.2, 0.25) is 5.13 Å². The first kappa shape index (κ1) is 18.3. The van der Waals surface area contributed by atoms with Crippen LogP contribution >= 0.6 is 11.3 Å². The van der Waals surface area contributed by atoms with E-state index in [9.17, 15) is 9.59 Å². The Labute approximate surface area is 166 Å². The Morgan fingerprint density at radius 1 is 1.14 bits per heavy atom. The number of rotatable bonds is 4. The van der Waals surface area contributed by atoms with Gasteiger partial charge in [-0.15, -0.1) is 10.2 Å². The maximum absolute atomic E-state index is 12.5. The zero-order valence-electron chi connectivity index (χ0n) is 15.5. The lowest BCUT2D eigenvalue weighted by molar-refractivity contribution is -0.125. The Hall–Kier alpha value is -3.06. The van der Waals surface area contributed by atoms with Crippen molar-refractivity contribution in [3.8, 4) is 10.6 Å². The molecule has 0 radical (unpaired) electrons. The molecular weight excluding hydrogens is 374 g/mol. The van der Waals surface area contributed by atoms with Gasteiger partial charge < -0.3 is 4.74 Å². The molecule has 1 N–H and O–H groups in total. The average molecular weight is 393 g/mol. The number of ether oxygens (including phenoxy) is 1. The summed E-state index contributed by atoms with van der Waals surface area (Å²) >= 11 is 1.28. The highest BCUT2D eigenvalue weighted by Gasteiger charge is 2.31. The normalized spacial score (nSPS) is 15.8. The highest BCUT2D eigenvalue weighted by molar-refractivity contribution is 7.18. The fourth-order valence-corrected chi connectivity index (χ4v) is 3.82. The number of hydrogen-bond donors (Lipinski definition) is 1. The molecule has 7 heteroatoms. The molecule has 0 saturated carbocycles. The zero-order chi connectivity index (χ0) is 19.7. The van der Waals surface area contributed by atoms with Crippen LogP contribution in [-0.4, -0.2) is 28.2 Å². The van der Waals surface area contributed by atoms with Crippen LogP contribution in [0.5, 0.6) is 0 Å². The van der Waals surface area contributed by atoms with E-state index in [-0.39, 0.29) is 0 Å². The Bertz CT molecular complexity index is 1030. The smallest absolute Gasteiger partial charge is 0.339 e. The molecule has 1 aromatic heterocycles. The highest BCUT2D eigenvalue weighted by atomic mass is 32.1. The number of benzene rings is 2. The van der Waals surface area contributed by atoms with E-state index in [1.807, 2.05) is 24.3 Å². The van der Waals surface area contributed by atoms with Crippen molar-refractivity contribution in [2.45, 2.75) is 32.3 Å². The summed E-state index contributed by atoms with van der Waals surface area (Å²) in [6, 6.07) is 15.3. The number of carbonyl (C=O) groups is 2. The third kappa shape index (κ3) is 3.66. The predicted octanol–water partition coefficient (Wildman–Crippen LogP) is 4.05. The Morgan fingerprint density at radius 2 is 1.89 bits per heavy atom. The van der Waals surface area contributed by atoms with Gasteiger partial charge in [-0.25, -0.2) is 4.79 Å². The topological polar surface area (TPSA) is 81.2 Å². The number of esters is 1. The fourth-order valence-electron chi connectivity index (χ4n) is 3.06. The summed E-state index contributed by atoms with van der Waals surface area (Å²) in [5, 5.41) is 12.0. The summed E-state index contributed by atoms with van der Waals surface area (Å²) in [5.41, 5.74) is 3.51. The van der Waals surface area contributed by atoms with Crippen LogP contribution in [0.2, 0.25) is 0 Å². The van der Waals surface area contributed by atoms with Crippen molar-refractivity contribution in [1.82, 2.24) is 10.2 Å². The second-order valence-corrected chi connectivity index (χ2v) is 7.91. The third-order valence-electron chi connectivity index (χ3n) is 4.66. The standard InChI is InChI=1S/C21H19N3O3S/c1-12(2)13-7-9-14(10-8-13)19-23-24-21(28-19)22-18(25)17-11-15-5-3-4-6-16(15)20(26)27-17/h3-10,12,17H,11H2,1-2H3,(H,22,24,25)/t17-/m1/s1. The number of amides is 1. The fraction of sp³-hybridized carbons (Fsp3) is 0.238. The molecule has 28 heavy (non-hydrogen) atoms. The molecule has 142 valence electrons. The Balaban J connectivity index is 1.45. The number of nitrogens with zero attached hydrogens (tertiary/aromatic N) is 2. The van der Waals surface area contributed by atoms with Crippen molar-refractivity contribution in [3.05, 3.63) is 65.2 Å². The molecule has 6 nitrogen and oxygen atoms in total. The highest BCUT2D eigenvalue weighted by Crippen LogP contribution is 2.28. The van der Waals surface area contributed by atoms with Crippen LogP contribution in [0.1, 0.15) is 41.3 Å². The van der Waals surface area contributed by atoms with Gasteiger partial charge >= 0.3 is 5.97 Å². The van der Waals surface area contributed by atoms with Crippen molar-refractivity contribution < 1.29 is 14.3 Å². The van der Waals surface area contributed by atoms with E-state index >= 15 is 0 Å². The minimum atomic E-state index is -0.875. The lowest BCUT2D eigenvalue weighted by Crippen LogP contribution is -2.37. The van der Waals surface area contributed by atoms with Crippen LogP contribution in [0, 0.1) is 0 Å². The van der Waals surface area contributed by atoms with Crippen LogP contribution in [0.25, 0.3) is 10.6 Å². The molecule has 0 aliphatic carbocycles. The Morgan fingerprint density at radius 3 is 2.64 bits per heavy atom. The van der Waals surface area contributed by atoms with Gasteiger partial charge in [-0.3, -0.25) is 10.1 Å². The van der Waals surface area contributed by atoms with Crippen LogP contribution in [0.3, 0.4) is 0 Å². The Kier molecular flexibility index (Phi) is 4.92. The number of cyclic esters (lactones) is 1. The van der Waals surface area contributed by atoms with Crippen molar-refractivity contribution in [2.24, 2.45) is 0 Å². The summed E-state index contributed by atoms with van der Waals surface area (Å²) in [6.45, 7) is 4.29. The SMILES string of the molecule is CC(C)c1ccc(-c2nnc(NC(=O)[C@H]3Cc4ccccc4C(=O)O3)s2)cc1. The molecule has 2 aromatic carbocycles. The van der Waals surface area contributed by atoms with Crippen molar-refractivity contribution in [3.63, 3.8) is 0 Å². The number of nitrogens with one attached hydrogen (secondary N) is 1. The lowest BCUT2D eigenvalue weighted by atomic mass is 9.98. The number of anilines is 1. The molecule has 1 atom stereocenters. The number of aromatic nitrogens is 2. The van der Waals surface area contributed by atoms with Crippen molar-refractivity contribution in [2.75, 3.05) is 5.32 Å². The van der Waals surface area contributed by atoms with E-state index in [1.54, 1.807) is 12.1 Å². The number of hydrogen-bond acceptors (Lipinski definition) is 6. The van der Waals surface area contributed by atoms with Crippen molar-refractivity contribution in [1.29, 1.82) is 0 Å². The summed E-state index contributed by atoms with van der Waals surface area (Å²) in [4.78, 5) is 24.6. The van der Waals surface area contributed by atoms with E-state index in [0.717, 1.165) is 16.1 Å². The first-order chi connectivity index (χ1) is 13.5. The largest absolute Gasteiger partial charge is 0.448 e. The monoisotopic (exact) mass is 393 g/mol. The van der Waals surface area contributed by atoms with E-state index in [1.165, 1.54) is 16.9 Å². The maximum Gasteiger partial charge on any atom is 0.339 e. The van der Waals surface area contributed by atoms with Gasteiger partial charge in [0.15, 0.2) is 6.10 Å². The van der Waals surface area contributed by atoms with E-state index in [0.29, 0.717) is 23.0 Å². The predicted molar refractivity (Wildman–Crippen MR) is 107 cm³/mol. The molecule has 4 rings (SSSR count). The van der Waals surface area contributed by atoms with Gasteiger partial charge in [0.25, 0.3) is 5.91 Å². The number of fused-ring (bicyclic) bond motifs is 1. The molecular formula is C21H19N3O3S. The number of carbonyl (C=O) groups excluding carboxylic acids is 2. The first-order valence-electron chi connectivity index (χ1n) is 9.05. The molecule has 0 spiro atoms. The van der Waals surface area contributed by atoms with E-state index in [4.69, 9.17) is 4.74 Å². The van der Waals surface area contributed by atoms with Crippen LogP contribution in [0.4, 0.5) is 5.13 Å². The van der Waals surface area contributed by atoms with Crippen LogP contribution < -0.4 is 5.32 Å². The van der Waals surface area contributed by atoms with Gasteiger partial charge in [-0.1, -0.05) is 67.6 Å². The van der Waals surface area contributed by atoms with Gasteiger partial charge in [0, 0.05) is 12.0 Å². The third-order valence-corrected chi connectivity index (χ3v) is 5.55.